The van der Waals surface area contributed by atoms with Gasteiger partial charge in [0.2, 0.25) is 5.91 Å². The molecule has 3 heterocycles. The summed E-state index contributed by atoms with van der Waals surface area (Å²) in [5.41, 5.74) is 1.50. The van der Waals surface area contributed by atoms with Gasteiger partial charge in [-0.2, -0.15) is 0 Å². The molecular weight excluding hydrogens is 336 g/mol. The summed E-state index contributed by atoms with van der Waals surface area (Å²) in [5, 5.41) is 3.37. The van der Waals surface area contributed by atoms with Crippen molar-refractivity contribution < 1.29 is 4.79 Å². The summed E-state index contributed by atoms with van der Waals surface area (Å²) >= 11 is 0. The third-order valence-electron chi connectivity index (χ3n) is 6.97. The second-order valence-electron chi connectivity index (χ2n) is 8.82. The van der Waals surface area contributed by atoms with Gasteiger partial charge in [-0.15, -0.1) is 0 Å². The van der Waals surface area contributed by atoms with Gasteiger partial charge >= 0.3 is 0 Å². The topological polar surface area (TPSA) is 48.5 Å². The van der Waals surface area contributed by atoms with Gasteiger partial charge in [0.25, 0.3) is 0 Å². The summed E-state index contributed by atoms with van der Waals surface area (Å²) in [4.78, 5) is 22.0. The Bertz CT molecular complexity index is 622. The van der Waals surface area contributed by atoms with Crippen LogP contribution in [-0.2, 0) is 11.3 Å². The molecule has 1 N–H and O–H groups in total. The Morgan fingerprint density at radius 3 is 2.59 bits per heavy atom. The van der Waals surface area contributed by atoms with Crippen LogP contribution >= 0.6 is 0 Å². The number of pyridine rings is 1. The van der Waals surface area contributed by atoms with Crippen molar-refractivity contribution in [2.24, 2.45) is 5.92 Å². The molecule has 27 heavy (non-hydrogen) atoms. The Morgan fingerprint density at radius 1 is 1.19 bits per heavy atom. The number of hydrogen-bond acceptors (Lipinski definition) is 4. The lowest BCUT2D eigenvalue weighted by molar-refractivity contribution is -0.128. The van der Waals surface area contributed by atoms with Crippen LogP contribution in [0.2, 0.25) is 0 Å². The molecule has 3 fully saturated rings. The average Bonchev–Trinajstić information content (AvgIpc) is 3.49. The van der Waals surface area contributed by atoms with Crippen molar-refractivity contribution in [3.63, 3.8) is 0 Å². The lowest BCUT2D eigenvalue weighted by atomic mass is 9.92. The maximum Gasteiger partial charge on any atom is 0.224 e. The monoisotopic (exact) mass is 370 g/mol. The molecule has 1 aromatic rings. The fourth-order valence-corrected chi connectivity index (χ4v) is 4.82. The molecule has 0 bridgehead atoms. The number of nitrogens with one attached hydrogen (secondary N) is 1. The summed E-state index contributed by atoms with van der Waals surface area (Å²) in [6.45, 7) is 7.65. The third-order valence-corrected chi connectivity index (χ3v) is 6.97. The molecule has 148 valence electrons. The molecule has 4 rings (SSSR count). The standard InChI is InChI=1S/C22H34N4O/c1-2-22(9-10-22)24-21(27)19-4-3-13-26(17-19)20-7-14-25(15-8-20)16-18-5-11-23-12-6-18/h5-6,11-12,19-20H,2-4,7-10,13-17H2,1H3,(H,24,27)/t19-/m0/s1. The zero-order valence-electron chi connectivity index (χ0n) is 16.7. The first-order valence-electron chi connectivity index (χ1n) is 10.8. The SMILES string of the molecule is CCC1(NC(=O)[C@H]2CCCN(C3CCN(Cc4ccncc4)CC3)C2)CC1. The molecule has 1 saturated carbocycles. The molecular formula is C22H34N4O. The number of rotatable bonds is 6. The van der Waals surface area contributed by atoms with Crippen molar-refractivity contribution in [2.45, 2.75) is 70.0 Å². The molecule has 0 aromatic carbocycles. The number of hydrogen-bond donors (Lipinski definition) is 1. The van der Waals surface area contributed by atoms with Crippen LogP contribution in [0.4, 0.5) is 0 Å². The number of nitrogens with zero attached hydrogens (tertiary/aromatic N) is 3. The van der Waals surface area contributed by atoms with Crippen LogP contribution in [0.25, 0.3) is 0 Å². The molecule has 0 spiro atoms. The van der Waals surface area contributed by atoms with E-state index in [0.29, 0.717) is 11.9 Å². The largest absolute Gasteiger partial charge is 0.350 e. The zero-order valence-corrected chi connectivity index (χ0v) is 16.7. The van der Waals surface area contributed by atoms with E-state index in [0.717, 1.165) is 52.0 Å². The first kappa shape index (κ1) is 18.9. The van der Waals surface area contributed by atoms with Crippen molar-refractivity contribution in [3.8, 4) is 0 Å². The minimum Gasteiger partial charge on any atom is -0.350 e. The van der Waals surface area contributed by atoms with Gasteiger partial charge in [0.1, 0.15) is 0 Å². The van der Waals surface area contributed by atoms with E-state index in [2.05, 4.69) is 39.2 Å². The maximum atomic E-state index is 12.7. The van der Waals surface area contributed by atoms with E-state index in [-0.39, 0.29) is 11.5 Å². The van der Waals surface area contributed by atoms with E-state index in [1.165, 1.54) is 31.2 Å². The first-order chi connectivity index (χ1) is 13.2. The van der Waals surface area contributed by atoms with Crippen LogP contribution in [0, 0.1) is 5.92 Å². The van der Waals surface area contributed by atoms with Gasteiger partial charge in [0, 0.05) is 37.1 Å². The highest BCUT2D eigenvalue weighted by Crippen LogP contribution is 2.39. The van der Waals surface area contributed by atoms with Crippen molar-refractivity contribution in [2.75, 3.05) is 26.2 Å². The van der Waals surface area contributed by atoms with Gasteiger partial charge < -0.3 is 5.32 Å². The number of aromatic nitrogens is 1. The van der Waals surface area contributed by atoms with Crippen LogP contribution in [0.5, 0.6) is 0 Å². The Kier molecular flexibility index (Phi) is 5.79. The number of carbonyl (C=O) groups is 1. The van der Waals surface area contributed by atoms with Crippen molar-refractivity contribution in [1.82, 2.24) is 20.1 Å². The third kappa shape index (κ3) is 4.69. The maximum absolute atomic E-state index is 12.7. The molecule has 5 nitrogen and oxygen atoms in total. The Labute approximate surface area is 163 Å². The minimum absolute atomic E-state index is 0.150. The fourth-order valence-electron chi connectivity index (χ4n) is 4.82. The van der Waals surface area contributed by atoms with Crippen molar-refractivity contribution in [1.29, 1.82) is 0 Å². The van der Waals surface area contributed by atoms with Gasteiger partial charge in [-0.05, 0) is 82.3 Å². The van der Waals surface area contributed by atoms with E-state index < -0.39 is 0 Å². The van der Waals surface area contributed by atoms with Crippen molar-refractivity contribution in [3.05, 3.63) is 30.1 Å². The normalized spacial score (nSPS) is 26.6. The highest BCUT2D eigenvalue weighted by molar-refractivity contribution is 5.80. The Hall–Kier alpha value is -1.46. The summed E-state index contributed by atoms with van der Waals surface area (Å²) in [6.07, 6.45) is 11.8. The Balaban J connectivity index is 1.25. The molecule has 1 aromatic heterocycles. The predicted octanol–water partition coefficient (Wildman–Crippen LogP) is 2.82. The van der Waals surface area contributed by atoms with E-state index in [4.69, 9.17) is 0 Å². The van der Waals surface area contributed by atoms with Crippen LogP contribution in [0.3, 0.4) is 0 Å². The summed E-state index contributed by atoms with van der Waals surface area (Å²) in [7, 11) is 0. The minimum atomic E-state index is 0.150. The predicted molar refractivity (Wildman–Crippen MR) is 107 cm³/mol. The first-order valence-corrected chi connectivity index (χ1v) is 10.8. The van der Waals surface area contributed by atoms with Crippen LogP contribution < -0.4 is 5.32 Å². The van der Waals surface area contributed by atoms with Crippen LogP contribution in [0.15, 0.2) is 24.5 Å². The lowest BCUT2D eigenvalue weighted by Gasteiger charge is -2.42. The molecule has 0 unspecified atom stereocenters. The summed E-state index contributed by atoms with van der Waals surface area (Å²) < 4.78 is 0. The molecule has 1 aliphatic carbocycles. The van der Waals surface area contributed by atoms with Crippen molar-refractivity contribution >= 4 is 5.91 Å². The van der Waals surface area contributed by atoms with E-state index in [1.54, 1.807) is 0 Å². The van der Waals surface area contributed by atoms with Gasteiger partial charge in [-0.3, -0.25) is 19.6 Å². The molecule has 1 amide bonds. The van der Waals surface area contributed by atoms with E-state index in [1.807, 2.05) is 12.4 Å². The molecule has 0 radical (unpaired) electrons. The highest BCUT2D eigenvalue weighted by Gasteiger charge is 2.43. The fraction of sp³-hybridized carbons (Fsp3) is 0.727. The van der Waals surface area contributed by atoms with E-state index >= 15 is 0 Å². The van der Waals surface area contributed by atoms with Gasteiger partial charge in [0.15, 0.2) is 0 Å². The van der Waals surface area contributed by atoms with Gasteiger partial charge in [0.05, 0.1) is 5.92 Å². The average molecular weight is 371 g/mol. The van der Waals surface area contributed by atoms with E-state index in [9.17, 15) is 4.79 Å². The number of piperidine rings is 2. The summed E-state index contributed by atoms with van der Waals surface area (Å²) in [5.74, 6) is 0.506. The quantitative estimate of drug-likeness (QED) is 0.837. The second-order valence-corrected chi connectivity index (χ2v) is 8.82. The molecule has 3 aliphatic rings. The lowest BCUT2D eigenvalue weighted by Crippen LogP contribution is -2.51. The van der Waals surface area contributed by atoms with Crippen LogP contribution in [-0.4, -0.2) is 58.5 Å². The zero-order chi connectivity index (χ0) is 18.7. The smallest absolute Gasteiger partial charge is 0.224 e. The van der Waals surface area contributed by atoms with Crippen LogP contribution in [0.1, 0.15) is 57.4 Å². The molecule has 5 heteroatoms. The van der Waals surface area contributed by atoms with Gasteiger partial charge in [-0.1, -0.05) is 6.92 Å². The number of amides is 1. The Morgan fingerprint density at radius 2 is 1.93 bits per heavy atom. The number of carbonyl (C=O) groups excluding carboxylic acids is 1. The molecule has 2 saturated heterocycles. The number of likely N-dealkylation sites (tertiary alicyclic amines) is 2. The molecule has 2 aliphatic heterocycles. The van der Waals surface area contributed by atoms with Gasteiger partial charge in [-0.25, -0.2) is 0 Å². The molecule has 1 atom stereocenters. The second kappa shape index (κ2) is 8.27. The highest BCUT2D eigenvalue weighted by atomic mass is 16.2. The summed E-state index contributed by atoms with van der Waals surface area (Å²) in [6, 6.07) is 4.88.